The van der Waals surface area contributed by atoms with Crippen molar-refractivity contribution in [3.63, 3.8) is 0 Å². The van der Waals surface area contributed by atoms with E-state index >= 15 is 0 Å². The summed E-state index contributed by atoms with van der Waals surface area (Å²) in [5.41, 5.74) is 5.50. The van der Waals surface area contributed by atoms with Crippen LogP contribution in [0.1, 0.15) is 12.8 Å². The van der Waals surface area contributed by atoms with Gasteiger partial charge in [-0.05, 0) is 12.8 Å². The third kappa shape index (κ3) is 8.14. The highest BCUT2D eigenvalue weighted by Crippen LogP contribution is 1.94. The number of sulfone groups is 1. The molecule has 0 aromatic heterocycles. The van der Waals surface area contributed by atoms with Crippen molar-refractivity contribution in [2.45, 2.75) is 18.9 Å². The van der Waals surface area contributed by atoms with E-state index in [-0.39, 0.29) is 18.1 Å². The maximum Gasteiger partial charge on any atom is 0.236 e. The number of rotatable bonds is 7. The van der Waals surface area contributed by atoms with Crippen molar-refractivity contribution in [3.05, 3.63) is 12.7 Å². The Kier molecular flexibility index (Phi) is 6.19. The van der Waals surface area contributed by atoms with Crippen LogP contribution in [0.25, 0.3) is 0 Å². The van der Waals surface area contributed by atoms with E-state index in [1.165, 1.54) is 0 Å². The normalized spacial score (nSPS) is 13.2. The van der Waals surface area contributed by atoms with Crippen LogP contribution in [0, 0.1) is 0 Å². The summed E-state index contributed by atoms with van der Waals surface area (Å²) in [5.74, 6) is -0.385. The summed E-state index contributed by atoms with van der Waals surface area (Å²) in [7, 11) is -3.05. The van der Waals surface area contributed by atoms with Gasteiger partial charge in [0.2, 0.25) is 5.91 Å². The zero-order valence-electron chi connectivity index (χ0n) is 8.90. The van der Waals surface area contributed by atoms with E-state index in [1.807, 2.05) is 0 Å². The molecule has 0 heterocycles. The third-order valence-corrected chi connectivity index (χ3v) is 2.76. The maximum absolute atomic E-state index is 11.3. The van der Waals surface area contributed by atoms with Crippen LogP contribution in [0.2, 0.25) is 0 Å². The second-order valence-electron chi connectivity index (χ2n) is 3.39. The molecule has 0 aliphatic carbocycles. The van der Waals surface area contributed by atoms with E-state index in [0.717, 1.165) is 6.26 Å². The van der Waals surface area contributed by atoms with Gasteiger partial charge in [0.05, 0.1) is 11.8 Å². The minimum Gasteiger partial charge on any atom is -0.354 e. The first-order chi connectivity index (χ1) is 6.87. The number of amides is 1. The first-order valence-corrected chi connectivity index (χ1v) is 6.75. The molecule has 0 saturated carbocycles. The Morgan fingerprint density at radius 3 is 2.67 bits per heavy atom. The fraction of sp³-hybridized carbons (Fsp3) is 0.667. The van der Waals surface area contributed by atoms with Crippen molar-refractivity contribution in [1.29, 1.82) is 0 Å². The van der Waals surface area contributed by atoms with Gasteiger partial charge in [-0.1, -0.05) is 6.08 Å². The van der Waals surface area contributed by atoms with Crippen LogP contribution in [-0.2, 0) is 14.6 Å². The van der Waals surface area contributed by atoms with Gasteiger partial charge in [-0.3, -0.25) is 4.79 Å². The Balaban J connectivity index is 3.84. The smallest absolute Gasteiger partial charge is 0.236 e. The molecule has 0 saturated heterocycles. The van der Waals surface area contributed by atoms with Crippen molar-refractivity contribution >= 4 is 15.7 Å². The first-order valence-electron chi connectivity index (χ1n) is 4.68. The van der Waals surface area contributed by atoms with E-state index in [9.17, 15) is 13.2 Å². The number of nitrogens with one attached hydrogen (secondary N) is 1. The number of nitrogens with two attached hydrogens (primary N) is 1. The molecule has 5 nitrogen and oxygen atoms in total. The summed E-state index contributed by atoms with van der Waals surface area (Å²) >= 11 is 0. The molecule has 1 unspecified atom stereocenters. The van der Waals surface area contributed by atoms with Crippen LogP contribution >= 0.6 is 0 Å². The van der Waals surface area contributed by atoms with Gasteiger partial charge in [0.15, 0.2) is 0 Å². The van der Waals surface area contributed by atoms with E-state index in [1.54, 1.807) is 6.08 Å². The Bertz CT molecular complexity index is 311. The van der Waals surface area contributed by atoms with Crippen LogP contribution < -0.4 is 11.1 Å². The quantitative estimate of drug-likeness (QED) is 0.456. The molecule has 3 N–H and O–H groups in total. The monoisotopic (exact) mass is 234 g/mol. The van der Waals surface area contributed by atoms with Crippen LogP contribution in [0.5, 0.6) is 0 Å². The van der Waals surface area contributed by atoms with E-state index < -0.39 is 15.9 Å². The standard InChI is InChI=1S/C9H18N2O3S/c1-3-4-6-11-9(12)8(10)5-7-15(2,13)14/h3,8H,1,4-7,10H2,2H3,(H,11,12). The highest BCUT2D eigenvalue weighted by molar-refractivity contribution is 7.90. The molecule has 1 amide bonds. The highest BCUT2D eigenvalue weighted by atomic mass is 32.2. The molecular formula is C9H18N2O3S. The van der Waals surface area contributed by atoms with Crippen molar-refractivity contribution < 1.29 is 13.2 Å². The third-order valence-electron chi connectivity index (χ3n) is 1.78. The molecule has 15 heavy (non-hydrogen) atoms. The Hall–Kier alpha value is -0.880. The summed E-state index contributed by atoms with van der Waals surface area (Å²) in [4.78, 5) is 11.3. The minimum atomic E-state index is -3.05. The van der Waals surface area contributed by atoms with Crippen LogP contribution in [-0.4, -0.2) is 38.9 Å². The lowest BCUT2D eigenvalue weighted by Gasteiger charge is -2.10. The topological polar surface area (TPSA) is 89.3 Å². The predicted molar refractivity (Wildman–Crippen MR) is 60.1 cm³/mol. The van der Waals surface area contributed by atoms with Crippen molar-refractivity contribution in [3.8, 4) is 0 Å². The first kappa shape index (κ1) is 14.1. The maximum atomic E-state index is 11.3. The van der Waals surface area contributed by atoms with E-state index in [4.69, 9.17) is 5.73 Å². The molecule has 0 aromatic rings. The summed E-state index contributed by atoms with van der Waals surface area (Å²) in [5, 5.41) is 2.59. The van der Waals surface area contributed by atoms with E-state index in [2.05, 4.69) is 11.9 Å². The molecule has 88 valence electrons. The molecule has 0 aliphatic heterocycles. The molecule has 0 fully saturated rings. The molecule has 0 spiro atoms. The average molecular weight is 234 g/mol. The SMILES string of the molecule is C=CCCNC(=O)C(N)CCS(C)(=O)=O. The lowest BCUT2D eigenvalue weighted by atomic mass is 10.2. The van der Waals surface area contributed by atoms with Crippen molar-refractivity contribution in [2.24, 2.45) is 5.73 Å². The number of hydrogen-bond acceptors (Lipinski definition) is 4. The lowest BCUT2D eigenvalue weighted by molar-refractivity contribution is -0.122. The van der Waals surface area contributed by atoms with Gasteiger partial charge in [0, 0.05) is 12.8 Å². The summed E-state index contributed by atoms with van der Waals surface area (Å²) in [6, 6.07) is -0.760. The van der Waals surface area contributed by atoms with E-state index in [0.29, 0.717) is 13.0 Å². The zero-order chi connectivity index (χ0) is 11.9. The van der Waals surface area contributed by atoms with Crippen LogP contribution in [0.15, 0.2) is 12.7 Å². The average Bonchev–Trinajstić information content (AvgIpc) is 2.13. The Morgan fingerprint density at radius 1 is 1.60 bits per heavy atom. The number of hydrogen-bond donors (Lipinski definition) is 2. The van der Waals surface area contributed by atoms with Gasteiger partial charge in [-0.25, -0.2) is 8.42 Å². The summed E-state index contributed by atoms with van der Waals surface area (Å²) < 4.78 is 21.6. The molecule has 1 atom stereocenters. The fourth-order valence-electron chi connectivity index (χ4n) is 0.901. The molecule has 6 heteroatoms. The molecule has 0 aliphatic rings. The lowest BCUT2D eigenvalue weighted by Crippen LogP contribution is -2.41. The largest absolute Gasteiger partial charge is 0.354 e. The van der Waals surface area contributed by atoms with Gasteiger partial charge in [-0.15, -0.1) is 6.58 Å². The molecule has 0 rings (SSSR count). The highest BCUT2D eigenvalue weighted by Gasteiger charge is 2.14. The summed E-state index contributed by atoms with van der Waals surface area (Å²) in [6.45, 7) is 3.99. The minimum absolute atomic E-state index is 0.0664. The molecule has 0 bridgehead atoms. The Labute approximate surface area is 90.6 Å². The van der Waals surface area contributed by atoms with Gasteiger partial charge < -0.3 is 11.1 Å². The fourth-order valence-corrected chi connectivity index (χ4v) is 1.58. The second-order valence-corrected chi connectivity index (χ2v) is 5.65. The van der Waals surface area contributed by atoms with Gasteiger partial charge >= 0.3 is 0 Å². The molecule has 0 aromatic carbocycles. The molecular weight excluding hydrogens is 216 g/mol. The Morgan fingerprint density at radius 2 is 2.20 bits per heavy atom. The predicted octanol–water partition coefficient (Wildman–Crippen LogP) is -0.559. The van der Waals surface area contributed by atoms with Crippen LogP contribution in [0.4, 0.5) is 0 Å². The summed E-state index contributed by atoms with van der Waals surface area (Å²) in [6.07, 6.45) is 3.63. The number of carbonyl (C=O) groups excluding carboxylic acids is 1. The second kappa shape index (κ2) is 6.58. The van der Waals surface area contributed by atoms with Crippen LogP contribution in [0.3, 0.4) is 0 Å². The van der Waals surface area contributed by atoms with Crippen molar-refractivity contribution in [2.75, 3.05) is 18.6 Å². The molecule has 0 radical (unpaired) electrons. The van der Waals surface area contributed by atoms with Gasteiger partial charge in [0.25, 0.3) is 0 Å². The van der Waals surface area contributed by atoms with Gasteiger partial charge in [-0.2, -0.15) is 0 Å². The van der Waals surface area contributed by atoms with Gasteiger partial charge in [0.1, 0.15) is 9.84 Å². The number of carbonyl (C=O) groups is 1. The van der Waals surface area contributed by atoms with Crippen molar-refractivity contribution in [1.82, 2.24) is 5.32 Å². The zero-order valence-corrected chi connectivity index (χ0v) is 9.72.